The van der Waals surface area contributed by atoms with Crippen LogP contribution in [0.15, 0.2) is 46.9 Å². The van der Waals surface area contributed by atoms with Crippen LogP contribution in [0, 0.1) is 30.6 Å². The maximum absolute atomic E-state index is 12.3. The molecule has 0 saturated heterocycles. The molecule has 4 rings (SSSR count). The Bertz CT molecular complexity index is 1040. The van der Waals surface area contributed by atoms with Crippen LogP contribution >= 0.6 is 11.3 Å². The van der Waals surface area contributed by atoms with Gasteiger partial charge in [0.15, 0.2) is 0 Å². The summed E-state index contributed by atoms with van der Waals surface area (Å²) in [5.74, 6) is -1.63. The molecule has 34 heavy (non-hydrogen) atoms. The molecule has 5 atom stereocenters. The van der Waals surface area contributed by atoms with E-state index in [9.17, 15) is 14.7 Å². The van der Waals surface area contributed by atoms with Crippen molar-refractivity contribution in [1.82, 2.24) is 4.98 Å². The number of ether oxygens (including phenoxy) is 2. The van der Waals surface area contributed by atoms with Gasteiger partial charge in [0.05, 0.1) is 29.5 Å². The van der Waals surface area contributed by atoms with Crippen molar-refractivity contribution in [3.05, 3.63) is 57.6 Å². The number of fused-ring (bicyclic) bond motifs is 3. The summed E-state index contributed by atoms with van der Waals surface area (Å²) in [7, 11) is 1.34. The highest BCUT2D eigenvalue weighted by molar-refractivity contribution is 7.09. The fraction of sp³-hybridized carbons (Fsp3) is 0.500. The number of hydrogen-bond acceptors (Lipinski definition) is 7. The molecule has 2 unspecified atom stereocenters. The second-order valence-corrected chi connectivity index (χ2v) is 10.3. The Morgan fingerprint density at radius 2 is 2.09 bits per heavy atom. The van der Waals surface area contributed by atoms with E-state index in [1.54, 1.807) is 6.08 Å². The number of allylic oxidation sites excluding steroid dienone is 3. The van der Waals surface area contributed by atoms with E-state index in [2.05, 4.69) is 31.8 Å². The number of carbonyl (C=O) groups is 2. The van der Waals surface area contributed by atoms with Crippen molar-refractivity contribution in [1.29, 1.82) is 0 Å². The third kappa shape index (κ3) is 5.92. The Labute approximate surface area is 204 Å². The lowest BCUT2D eigenvalue weighted by atomic mass is 9.66. The SMILES string of the molecule is COC(=O)/C1=C/[C@@H]2C(C(C)C)CC=C(C)[C@@H]2CC2C=C[C@@]1(O)O2.Cc1nc(/C=C/C(=O)O)cs1. The van der Waals surface area contributed by atoms with Crippen molar-refractivity contribution in [3.8, 4) is 0 Å². The second kappa shape index (κ2) is 10.8. The standard InChI is InChI=1S/C19H26O4.C7H7NO2S/c1-11(2)14-6-5-12(3)15-9-13-7-8-19(21,23-13)17(10-16(14)15)18(20)22-4;1-5-8-6(4-11-5)2-3-7(9)10/h5,7-8,10-11,13-16,21H,6,9H2,1-4H3;2-4H,1H3,(H,9,10)/b17-10-;3-2+/t13?,14?,15-,16+,19+;/m0./s1. The van der Waals surface area contributed by atoms with Gasteiger partial charge in [-0.15, -0.1) is 11.3 Å². The van der Waals surface area contributed by atoms with E-state index < -0.39 is 17.7 Å². The maximum atomic E-state index is 12.3. The molecule has 7 nitrogen and oxygen atoms in total. The van der Waals surface area contributed by atoms with Gasteiger partial charge in [0.2, 0.25) is 5.79 Å². The van der Waals surface area contributed by atoms with E-state index in [0.717, 1.165) is 23.9 Å². The number of aryl methyl sites for hydroxylation is 1. The molecule has 8 heteroatoms. The van der Waals surface area contributed by atoms with Gasteiger partial charge >= 0.3 is 11.9 Å². The minimum atomic E-state index is -1.65. The van der Waals surface area contributed by atoms with Crippen LogP contribution < -0.4 is 0 Å². The molecule has 2 aliphatic heterocycles. The summed E-state index contributed by atoms with van der Waals surface area (Å²) in [5.41, 5.74) is 2.27. The molecule has 0 spiro atoms. The Hall–Kier alpha value is -2.55. The molecular formula is C26H33NO6S. The number of carboxylic acids is 1. The number of methoxy groups -OCH3 is 1. The number of carboxylic acid groups (broad SMARTS) is 1. The highest BCUT2D eigenvalue weighted by Crippen LogP contribution is 2.47. The van der Waals surface area contributed by atoms with E-state index in [-0.39, 0.29) is 17.6 Å². The van der Waals surface area contributed by atoms with Crippen LogP contribution in [0.4, 0.5) is 0 Å². The minimum absolute atomic E-state index is 0.171. The van der Waals surface area contributed by atoms with Gasteiger partial charge in [0, 0.05) is 11.5 Å². The first kappa shape index (κ1) is 26.1. The van der Waals surface area contributed by atoms with Crippen molar-refractivity contribution >= 4 is 29.4 Å². The van der Waals surface area contributed by atoms with Crippen LogP contribution in [0.2, 0.25) is 0 Å². The monoisotopic (exact) mass is 487 g/mol. The van der Waals surface area contributed by atoms with Gasteiger partial charge in [-0.1, -0.05) is 37.6 Å². The smallest absolute Gasteiger partial charge is 0.339 e. The molecule has 0 amide bonds. The highest BCUT2D eigenvalue weighted by atomic mass is 32.1. The van der Waals surface area contributed by atoms with Crippen molar-refractivity contribution in [3.63, 3.8) is 0 Å². The zero-order valence-electron chi connectivity index (χ0n) is 20.2. The van der Waals surface area contributed by atoms with Crippen molar-refractivity contribution in [2.75, 3.05) is 7.11 Å². The van der Waals surface area contributed by atoms with Gasteiger partial charge in [-0.3, -0.25) is 0 Å². The van der Waals surface area contributed by atoms with Crippen molar-refractivity contribution in [2.24, 2.45) is 23.7 Å². The number of aliphatic carboxylic acids is 1. The lowest BCUT2D eigenvalue weighted by Crippen LogP contribution is -2.41. The first-order chi connectivity index (χ1) is 16.0. The average Bonchev–Trinajstić information content (AvgIpc) is 3.37. The zero-order chi connectivity index (χ0) is 25.0. The van der Waals surface area contributed by atoms with Crippen LogP contribution in [0.5, 0.6) is 0 Å². The predicted octanol–water partition coefficient (Wildman–Crippen LogP) is 4.54. The number of nitrogens with zero attached hydrogens (tertiary/aromatic N) is 1. The Balaban J connectivity index is 0.000000248. The van der Waals surface area contributed by atoms with Gasteiger partial charge in [-0.25, -0.2) is 14.6 Å². The second-order valence-electron chi connectivity index (χ2n) is 9.26. The van der Waals surface area contributed by atoms with E-state index in [1.165, 1.54) is 30.1 Å². The third-order valence-corrected chi connectivity index (χ3v) is 7.44. The molecule has 1 aliphatic carbocycles. The maximum Gasteiger partial charge on any atom is 0.339 e. The third-order valence-electron chi connectivity index (χ3n) is 6.65. The lowest BCUT2D eigenvalue weighted by molar-refractivity contribution is -0.167. The first-order valence-electron chi connectivity index (χ1n) is 11.4. The fourth-order valence-corrected chi connectivity index (χ4v) is 5.44. The van der Waals surface area contributed by atoms with Crippen LogP contribution in [0.3, 0.4) is 0 Å². The fourth-order valence-electron chi connectivity index (χ4n) is 4.86. The zero-order valence-corrected chi connectivity index (χ0v) is 21.0. The number of aliphatic hydroxyl groups is 1. The van der Waals surface area contributed by atoms with Crippen molar-refractivity contribution in [2.45, 2.75) is 52.4 Å². The average molecular weight is 488 g/mol. The summed E-state index contributed by atoms with van der Waals surface area (Å²) in [6.45, 7) is 8.48. The van der Waals surface area contributed by atoms with E-state index in [4.69, 9.17) is 14.6 Å². The molecule has 2 bridgehead atoms. The number of esters is 1. The van der Waals surface area contributed by atoms with Gasteiger partial charge in [0.1, 0.15) is 0 Å². The lowest BCUT2D eigenvalue weighted by Gasteiger charge is -2.41. The van der Waals surface area contributed by atoms with E-state index in [0.29, 0.717) is 23.4 Å². The summed E-state index contributed by atoms with van der Waals surface area (Å²) in [5, 5.41) is 21.8. The molecule has 0 fully saturated rings. The minimum Gasteiger partial charge on any atom is -0.478 e. The predicted molar refractivity (Wildman–Crippen MR) is 131 cm³/mol. The topological polar surface area (TPSA) is 106 Å². The molecule has 3 aliphatic rings. The Morgan fingerprint density at radius 3 is 2.68 bits per heavy atom. The molecule has 2 N–H and O–H groups in total. The molecule has 0 radical (unpaired) electrons. The molecular weight excluding hydrogens is 454 g/mol. The van der Waals surface area contributed by atoms with Crippen LogP contribution in [0.25, 0.3) is 6.08 Å². The normalized spacial score (nSPS) is 31.5. The Kier molecular flexibility index (Phi) is 8.28. The largest absolute Gasteiger partial charge is 0.478 e. The highest BCUT2D eigenvalue weighted by Gasteiger charge is 2.47. The number of hydrogen-bond donors (Lipinski definition) is 2. The van der Waals surface area contributed by atoms with Gasteiger partial charge < -0.3 is 19.7 Å². The first-order valence-corrected chi connectivity index (χ1v) is 12.3. The molecule has 1 aromatic heterocycles. The Morgan fingerprint density at radius 1 is 1.35 bits per heavy atom. The molecule has 1 aromatic rings. The van der Waals surface area contributed by atoms with Crippen molar-refractivity contribution < 1.29 is 29.3 Å². The summed E-state index contributed by atoms with van der Waals surface area (Å²) in [6.07, 6.45) is 11.9. The quantitative estimate of drug-likeness (QED) is 0.365. The van der Waals surface area contributed by atoms with E-state index >= 15 is 0 Å². The summed E-state index contributed by atoms with van der Waals surface area (Å²) < 4.78 is 10.7. The molecule has 0 aromatic carbocycles. The van der Waals surface area contributed by atoms with Crippen LogP contribution in [-0.4, -0.2) is 46.1 Å². The number of rotatable bonds is 4. The van der Waals surface area contributed by atoms with Crippen LogP contribution in [-0.2, 0) is 19.1 Å². The molecule has 3 heterocycles. The number of aromatic nitrogens is 1. The summed E-state index contributed by atoms with van der Waals surface area (Å²) in [4.78, 5) is 26.4. The van der Waals surface area contributed by atoms with Gasteiger partial charge in [0.25, 0.3) is 0 Å². The van der Waals surface area contributed by atoms with E-state index in [1.807, 2.05) is 24.5 Å². The van der Waals surface area contributed by atoms with Gasteiger partial charge in [-0.05, 0) is 62.5 Å². The summed E-state index contributed by atoms with van der Waals surface area (Å²) in [6, 6.07) is 0. The number of carbonyl (C=O) groups excluding carboxylic acids is 1. The molecule has 0 saturated carbocycles. The summed E-state index contributed by atoms with van der Waals surface area (Å²) >= 11 is 1.50. The number of thiazole rings is 1. The molecule has 184 valence electrons. The van der Waals surface area contributed by atoms with Crippen LogP contribution in [0.1, 0.15) is 44.3 Å². The van der Waals surface area contributed by atoms with Gasteiger partial charge in [-0.2, -0.15) is 0 Å².